The molecule has 0 atom stereocenters. The molecule has 1 aromatic rings. The van der Waals surface area contributed by atoms with Crippen molar-refractivity contribution in [3.63, 3.8) is 0 Å². The number of carbonyl (C=O) groups excluding carboxylic acids is 1. The van der Waals surface area contributed by atoms with E-state index in [9.17, 15) is 17.6 Å². The van der Waals surface area contributed by atoms with E-state index in [1.165, 1.54) is 6.92 Å². The van der Waals surface area contributed by atoms with Crippen LogP contribution in [0.2, 0.25) is 0 Å². The lowest BCUT2D eigenvalue weighted by Crippen LogP contribution is -2.34. The Morgan fingerprint density at radius 1 is 1.35 bits per heavy atom. The fraction of sp³-hybridized carbons (Fsp3) is 0.462. The molecule has 0 unspecified atom stereocenters. The Balaban J connectivity index is 3.26. The van der Waals surface area contributed by atoms with Crippen LogP contribution in [-0.4, -0.2) is 20.4 Å². The van der Waals surface area contributed by atoms with E-state index < -0.39 is 21.7 Å². The van der Waals surface area contributed by atoms with E-state index in [4.69, 9.17) is 5.14 Å². The van der Waals surface area contributed by atoms with E-state index in [1.807, 2.05) is 13.8 Å². The van der Waals surface area contributed by atoms with Gasteiger partial charge in [-0.1, -0.05) is 13.8 Å². The fourth-order valence-electron chi connectivity index (χ4n) is 1.94. The van der Waals surface area contributed by atoms with Crippen molar-refractivity contribution in [3.05, 3.63) is 29.1 Å². The summed E-state index contributed by atoms with van der Waals surface area (Å²) in [7, 11) is -4.07. The average Bonchev–Trinajstić information content (AvgIpc) is 2.36. The van der Waals surface area contributed by atoms with Crippen molar-refractivity contribution in [2.75, 3.05) is 0 Å². The SMILES string of the molecule is CCC(CC)NC(=O)c1cc(F)cc(S(N)(=O)=O)c1C. The number of nitrogens with one attached hydrogen (secondary N) is 1. The van der Waals surface area contributed by atoms with Gasteiger partial charge in [-0.15, -0.1) is 0 Å². The molecule has 0 aliphatic carbocycles. The second-order valence-electron chi connectivity index (χ2n) is 4.61. The summed E-state index contributed by atoms with van der Waals surface area (Å²) in [5, 5.41) is 7.76. The van der Waals surface area contributed by atoms with Gasteiger partial charge in [-0.2, -0.15) is 0 Å². The van der Waals surface area contributed by atoms with Crippen LogP contribution in [0.25, 0.3) is 0 Å². The zero-order valence-electron chi connectivity index (χ0n) is 11.7. The predicted molar refractivity (Wildman–Crippen MR) is 74.3 cm³/mol. The van der Waals surface area contributed by atoms with Crippen molar-refractivity contribution in [3.8, 4) is 0 Å². The topological polar surface area (TPSA) is 89.3 Å². The Morgan fingerprint density at radius 3 is 2.35 bits per heavy atom. The molecule has 20 heavy (non-hydrogen) atoms. The van der Waals surface area contributed by atoms with E-state index in [0.717, 1.165) is 25.0 Å². The number of hydrogen-bond acceptors (Lipinski definition) is 3. The van der Waals surface area contributed by atoms with Crippen molar-refractivity contribution in [2.45, 2.75) is 44.6 Å². The molecule has 0 aliphatic rings. The molecule has 1 aromatic carbocycles. The molecule has 0 heterocycles. The molecule has 0 radical (unpaired) electrons. The van der Waals surface area contributed by atoms with Crippen LogP contribution in [-0.2, 0) is 10.0 Å². The van der Waals surface area contributed by atoms with E-state index >= 15 is 0 Å². The lowest BCUT2D eigenvalue weighted by Gasteiger charge is -2.16. The minimum absolute atomic E-state index is 0.0130. The standard InChI is InChI=1S/C13H19FN2O3S/c1-4-10(5-2)16-13(17)11-6-9(14)7-12(8(11)3)20(15,18)19/h6-7,10H,4-5H2,1-3H3,(H,16,17)(H2,15,18,19). The summed E-state index contributed by atoms with van der Waals surface area (Å²) in [6, 6.07) is 1.79. The molecule has 0 saturated heterocycles. The predicted octanol–water partition coefficient (Wildman–Crippen LogP) is 1.70. The minimum Gasteiger partial charge on any atom is -0.349 e. The number of amides is 1. The maximum atomic E-state index is 13.5. The van der Waals surface area contributed by atoms with Crippen LogP contribution >= 0.6 is 0 Å². The first kappa shape index (κ1) is 16.6. The number of rotatable bonds is 5. The molecule has 1 amide bonds. The van der Waals surface area contributed by atoms with Crippen molar-refractivity contribution in [1.82, 2.24) is 5.32 Å². The summed E-state index contributed by atoms with van der Waals surface area (Å²) in [6.45, 7) is 5.27. The largest absolute Gasteiger partial charge is 0.349 e. The van der Waals surface area contributed by atoms with E-state index in [0.29, 0.717) is 0 Å². The lowest BCUT2D eigenvalue weighted by atomic mass is 10.1. The number of hydrogen-bond donors (Lipinski definition) is 2. The second-order valence-corrected chi connectivity index (χ2v) is 6.14. The quantitative estimate of drug-likeness (QED) is 0.867. The maximum absolute atomic E-state index is 13.5. The molecule has 0 aromatic heterocycles. The summed E-state index contributed by atoms with van der Waals surface area (Å²) in [4.78, 5) is 11.7. The third-order valence-corrected chi connectivity index (χ3v) is 4.23. The zero-order valence-corrected chi connectivity index (χ0v) is 12.6. The van der Waals surface area contributed by atoms with E-state index in [2.05, 4.69) is 5.32 Å². The van der Waals surface area contributed by atoms with Crippen molar-refractivity contribution in [1.29, 1.82) is 0 Å². The molecular weight excluding hydrogens is 283 g/mol. The molecule has 7 heteroatoms. The van der Waals surface area contributed by atoms with Gasteiger partial charge in [-0.25, -0.2) is 17.9 Å². The van der Waals surface area contributed by atoms with Gasteiger partial charge >= 0.3 is 0 Å². The number of sulfonamides is 1. The Labute approximate surface area is 118 Å². The maximum Gasteiger partial charge on any atom is 0.251 e. The number of nitrogens with two attached hydrogens (primary N) is 1. The fourth-order valence-corrected chi connectivity index (χ4v) is 2.75. The highest BCUT2D eigenvalue weighted by molar-refractivity contribution is 7.89. The van der Waals surface area contributed by atoms with Gasteiger partial charge in [0.05, 0.1) is 4.90 Å². The molecule has 0 bridgehead atoms. The summed E-state index contributed by atoms with van der Waals surface area (Å²) in [5.74, 6) is -1.31. The first-order valence-electron chi connectivity index (χ1n) is 6.34. The normalized spacial score (nSPS) is 11.7. The lowest BCUT2D eigenvalue weighted by molar-refractivity contribution is 0.0933. The van der Waals surface area contributed by atoms with Gasteiger partial charge in [0, 0.05) is 11.6 Å². The minimum atomic E-state index is -4.07. The van der Waals surface area contributed by atoms with Gasteiger partial charge < -0.3 is 5.32 Å². The van der Waals surface area contributed by atoms with Crippen LogP contribution in [0.3, 0.4) is 0 Å². The number of primary sulfonamides is 1. The van der Waals surface area contributed by atoms with Crippen LogP contribution in [0.15, 0.2) is 17.0 Å². The Hall–Kier alpha value is -1.47. The summed E-state index contributed by atoms with van der Waals surface area (Å²) < 4.78 is 36.3. The number of carbonyl (C=O) groups is 1. The van der Waals surface area contributed by atoms with E-state index in [1.54, 1.807) is 0 Å². The smallest absolute Gasteiger partial charge is 0.251 e. The van der Waals surface area contributed by atoms with Gasteiger partial charge in [0.15, 0.2) is 0 Å². The molecule has 112 valence electrons. The third-order valence-electron chi connectivity index (χ3n) is 3.20. The highest BCUT2D eigenvalue weighted by atomic mass is 32.2. The monoisotopic (exact) mass is 302 g/mol. The van der Waals surface area contributed by atoms with Gasteiger partial charge in [0.1, 0.15) is 5.82 Å². The number of halogens is 1. The number of benzene rings is 1. The average molecular weight is 302 g/mol. The van der Waals surface area contributed by atoms with Crippen LogP contribution in [0.4, 0.5) is 4.39 Å². The van der Waals surface area contributed by atoms with E-state index in [-0.39, 0.29) is 22.1 Å². The summed E-state index contributed by atoms with van der Waals surface area (Å²) >= 11 is 0. The second kappa shape index (κ2) is 6.32. The Bertz CT molecular complexity index is 610. The molecule has 0 aliphatic heterocycles. The highest BCUT2D eigenvalue weighted by Gasteiger charge is 2.21. The molecule has 0 fully saturated rings. The van der Waals surface area contributed by atoms with Crippen molar-refractivity contribution >= 4 is 15.9 Å². The first-order valence-corrected chi connectivity index (χ1v) is 7.89. The molecular formula is C13H19FN2O3S. The van der Waals surface area contributed by atoms with Gasteiger partial charge in [0.2, 0.25) is 10.0 Å². The van der Waals surface area contributed by atoms with Gasteiger partial charge in [0.25, 0.3) is 5.91 Å². The van der Waals surface area contributed by atoms with Crippen LogP contribution < -0.4 is 10.5 Å². The molecule has 0 saturated carbocycles. The first-order chi connectivity index (χ1) is 9.20. The highest BCUT2D eigenvalue weighted by Crippen LogP contribution is 2.20. The van der Waals surface area contributed by atoms with Crippen molar-refractivity contribution < 1.29 is 17.6 Å². The van der Waals surface area contributed by atoms with Crippen molar-refractivity contribution in [2.24, 2.45) is 5.14 Å². The summed E-state index contributed by atoms with van der Waals surface area (Å²) in [6.07, 6.45) is 1.47. The molecule has 5 nitrogen and oxygen atoms in total. The Morgan fingerprint density at radius 2 is 1.90 bits per heavy atom. The third kappa shape index (κ3) is 3.77. The molecule has 1 rings (SSSR count). The molecule has 3 N–H and O–H groups in total. The zero-order chi connectivity index (χ0) is 15.5. The van der Waals surface area contributed by atoms with Crippen LogP contribution in [0, 0.1) is 12.7 Å². The Kier molecular flexibility index (Phi) is 5.24. The van der Waals surface area contributed by atoms with Crippen LogP contribution in [0.5, 0.6) is 0 Å². The molecule has 0 spiro atoms. The van der Waals surface area contributed by atoms with Gasteiger partial charge in [-0.3, -0.25) is 4.79 Å². The van der Waals surface area contributed by atoms with Gasteiger partial charge in [-0.05, 0) is 37.5 Å². The summed E-state index contributed by atoms with van der Waals surface area (Å²) in [5.41, 5.74) is 0.137. The van der Waals surface area contributed by atoms with Crippen LogP contribution in [0.1, 0.15) is 42.6 Å².